The smallest absolute Gasteiger partial charge is 0.142 e. The molecule has 0 bridgehead atoms. The molecule has 2 N–H and O–H groups in total. The molecule has 0 radical (unpaired) electrons. The molecule has 0 spiro atoms. The molecule has 2 rings (SSSR count). The van der Waals surface area contributed by atoms with E-state index in [1.165, 1.54) is 12.1 Å². The highest BCUT2D eigenvalue weighted by Crippen LogP contribution is 2.34. The van der Waals surface area contributed by atoms with E-state index < -0.39 is 5.82 Å². The highest BCUT2D eigenvalue weighted by Gasteiger charge is 2.29. The third kappa shape index (κ3) is 3.15. The molecule has 0 aromatic heterocycles. The van der Waals surface area contributed by atoms with Crippen molar-refractivity contribution in [3.8, 4) is 0 Å². The van der Waals surface area contributed by atoms with Gasteiger partial charge in [0.05, 0.1) is 11.1 Å². The Morgan fingerprint density at radius 2 is 2.11 bits per heavy atom. The van der Waals surface area contributed by atoms with E-state index in [-0.39, 0.29) is 17.2 Å². The number of aliphatic hydroxyl groups is 1. The molecule has 1 aromatic carbocycles. The van der Waals surface area contributed by atoms with Gasteiger partial charge in [-0.05, 0) is 37.8 Å². The second-order valence-corrected chi connectivity index (χ2v) is 5.58. The third-order valence-corrected chi connectivity index (χ3v) is 4.03. The monoisotopic (exact) mass is 291 g/mol. The molecule has 2 unspecified atom stereocenters. The van der Waals surface area contributed by atoms with E-state index >= 15 is 0 Å². The van der Waals surface area contributed by atoms with Crippen LogP contribution in [0.4, 0.5) is 4.39 Å². The van der Waals surface area contributed by atoms with Crippen LogP contribution >= 0.6 is 23.2 Å². The number of hydrogen-bond donors (Lipinski definition) is 2. The molecule has 1 saturated carbocycles. The van der Waals surface area contributed by atoms with Crippen molar-refractivity contribution in [3.05, 3.63) is 33.6 Å². The van der Waals surface area contributed by atoms with Crippen molar-refractivity contribution >= 4 is 23.2 Å². The van der Waals surface area contributed by atoms with Crippen LogP contribution in [0, 0.1) is 11.7 Å². The van der Waals surface area contributed by atoms with E-state index in [4.69, 9.17) is 23.2 Å². The molecule has 0 heterocycles. The maximum absolute atomic E-state index is 13.4. The lowest BCUT2D eigenvalue weighted by Gasteiger charge is -2.19. The van der Waals surface area contributed by atoms with Crippen LogP contribution in [0.15, 0.2) is 12.1 Å². The van der Waals surface area contributed by atoms with Gasteiger partial charge >= 0.3 is 0 Å². The van der Waals surface area contributed by atoms with Crippen molar-refractivity contribution in [2.45, 2.75) is 31.9 Å². The molecular formula is C13H16Cl2FNO. The minimum atomic E-state index is -0.479. The maximum Gasteiger partial charge on any atom is 0.142 e. The second-order valence-electron chi connectivity index (χ2n) is 4.79. The van der Waals surface area contributed by atoms with Gasteiger partial charge in [0.25, 0.3) is 0 Å². The van der Waals surface area contributed by atoms with Gasteiger partial charge in [-0.2, -0.15) is 0 Å². The zero-order valence-electron chi connectivity index (χ0n) is 10.1. The zero-order valence-corrected chi connectivity index (χ0v) is 11.6. The fraction of sp³-hybridized carbons (Fsp3) is 0.538. The Hall–Kier alpha value is -0.350. The molecule has 1 aliphatic rings. The standard InChI is InChI=1S/C13H16Cl2FNO/c1-7(17-6-11(18)8-2-3-8)12-9(14)4-5-10(16)13(12)15/h4-5,7-8,11,17-18H,2-3,6H2,1H3. The largest absolute Gasteiger partial charge is 0.392 e. The molecule has 0 aliphatic heterocycles. The van der Waals surface area contributed by atoms with Crippen molar-refractivity contribution in [1.82, 2.24) is 5.32 Å². The second kappa shape index (κ2) is 5.74. The lowest BCUT2D eigenvalue weighted by molar-refractivity contribution is 0.145. The summed E-state index contributed by atoms with van der Waals surface area (Å²) < 4.78 is 13.4. The first-order chi connectivity index (χ1) is 8.50. The van der Waals surface area contributed by atoms with E-state index in [2.05, 4.69) is 5.32 Å². The zero-order chi connectivity index (χ0) is 13.3. The van der Waals surface area contributed by atoms with Crippen LogP contribution in [0.25, 0.3) is 0 Å². The SMILES string of the molecule is CC(NCC(O)C1CC1)c1c(Cl)ccc(F)c1Cl. The number of aliphatic hydroxyl groups excluding tert-OH is 1. The third-order valence-electron chi connectivity index (χ3n) is 3.31. The highest BCUT2D eigenvalue weighted by molar-refractivity contribution is 6.36. The van der Waals surface area contributed by atoms with Gasteiger partial charge in [-0.3, -0.25) is 0 Å². The Balaban J connectivity index is 2.03. The minimum absolute atomic E-state index is 0.0448. The highest BCUT2D eigenvalue weighted by atomic mass is 35.5. The molecule has 18 heavy (non-hydrogen) atoms. The van der Waals surface area contributed by atoms with Crippen molar-refractivity contribution in [3.63, 3.8) is 0 Å². The average Bonchev–Trinajstić information content (AvgIpc) is 3.15. The van der Waals surface area contributed by atoms with Gasteiger partial charge in [-0.1, -0.05) is 23.2 Å². The van der Waals surface area contributed by atoms with Crippen molar-refractivity contribution in [1.29, 1.82) is 0 Å². The van der Waals surface area contributed by atoms with Crippen molar-refractivity contribution < 1.29 is 9.50 Å². The first-order valence-corrected chi connectivity index (χ1v) is 6.81. The van der Waals surface area contributed by atoms with Crippen LogP contribution in [0.5, 0.6) is 0 Å². The fourth-order valence-electron chi connectivity index (χ4n) is 1.99. The Morgan fingerprint density at radius 3 is 2.72 bits per heavy atom. The Bertz CT molecular complexity index is 437. The van der Waals surface area contributed by atoms with Gasteiger partial charge in [0.1, 0.15) is 5.82 Å². The molecule has 100 valence electrons. The molecular weight excluding hydrogens is 276 g/mol. The van der Waals surface area contributed by atoms with Crippen LogP contribution < -0.4 is 5.32 Å². The topological polar surface area (TPSA) is 32.3 Å². The first-order valence-electron chi connectivity index (χ1n) is 6.05. The van der Waals surface area contributed by atoms with Crippen LogP contribution in [-0.4, -0.2) is 17.8 Å². The lowest BCUT2D eigenvalue weighted by atomic mass is 10.1. The van der Waals surface area contributed by atoms with Crippen LogP contribution in [-0.2, 0) is 0 Å². The van der Waals surface area contributed by atoms with Crippen molar-refractivity contribution in [2.75, 3.05) is 6.54 Å². The number of rotatable bonds is 5. The molecule has 0 amide bonds. The van der Waals surface area contributed by atoms with Crippen LogP contribution in [0.2, 0.25) is 10.0 Å². The summed E-state index contributed by atoms with van der Waals surface area (Å²) in [6.07, 6.45) is 1.82. The summed E-state index contributed by atoms with van der Waals surface area (Å²) in [6, 6.07) is 2.54. The van der Waals surface area contributed by atoms with Gasteiger partial charge in [0.2, 0.25) is 0 Å². The van der Waals surface area contributed by atoms with Gasteiger partial charge in [0.15, 0.2) is 0 Å². The summed E-state index contributed by atoms with van der Waals surface area (Å²) in [4.78, 5) is 0. The first kappa shape index (κ1) is 14.1. The predicted molar refractivity (Wildman–Crippen MR) is 71.6 cm³/mol. The van der Waals surface area contributed by atoms with Crippen molar-refractivity contribution in [2.24, 2.45) is 5.92 Å². The molecule has 5 heteroatoms. The average molecular weight is 292 g/mol. The number of halogens is 3. The normalized spacial score (nSPS) is 18.7. The van der Waals surface area contributed by atoms with Gasteiger partial charge in [0, 0.05) is 23.2 Å². The molecule has 1 aliphatic carbocycles. The number of benzene rings is 1. The molecule has 0 saturated heterocycles. The van der Waals surface area contributed by atoms with Gasteiger partial charge in [-0.15, -0.1) is 0 Å². The molecule has 2 atom stereocenters. The van der Waals surface area contributed by atoms with E-state index in [1.54, 1.807) is 0 Å². The number of hydrogen-bond acceptors (Lipinski definition) is 2. The van der Waals surface area contributed by atoms with Gasteiger partial charge in [-0.25, -0.2) is 4.39 Å². The fourth-order valence-corrected chi connectivity index (χ4v) is 2.68. The van der Waals surface area contributed by atoms with E-state index in [1.807, 2.05) is 6.92 Å². The Labute approximate surface area is 116 Å². The minimum Gasteiger partial charge on any atom is -0.392 e. The summed E-state index contributed by atoms with van der Waals surface area (Å²) >= 11 is 12.0. The summed E-state index contributed by atoms with van der Waals surface area (Å²) in [5.74, 6) is -0.0735. The molecule has 1 aromatic rings. The summed E-state index contributed by atoms with van der Waals surface area (Å²) in [5, 5.41) is 13.4. The van der Waals surface area contributed by atoms with E-state index in [0.29, 0.717) is 23.0 Å². The van der Waals surface area contributed by atoms with E-state index in [0.717, 1.165) is 12.8 Å². The Kier molecular flexibility index (Phi) is 4.49. The van der Waals surface area contributed by atoms with Crippen LogP contribution in [0.3, 0.4) is 0 Å². The lowest BCUT2D eigenvalue weighted by Crippen LogP contribution is -2.30. The quantitative estimate of drug-likeness (QED) is 0.813. The van der Waals surface area contributed by atoms with E-state index in [9.17, 15) is 9.50 Å². The molecule has 2 nitrogen and oxygen atoms in total. The predicted octanol–water partition coefficient (Wildman–Crippen LogP) is 3.55. The van der Waals surface area contributed by atoms with Crippen LogP contribution in [0.1, 0.15) is 31.4 Å². The maximum atomic E-state index is 13.4. The summed E-state index contributed by atoms with van der Waals surface area (Å²) in [7, 11) is 0. The summed E-state index contributed by atoms with van der Waals surface area (Å²) in [5.41, 5.74) is 0.543. The number of nitrogens with one attached hydrogen (secondary N) is 1. The summed E-state index contributed by atoms with van der Waals surface area (Å²) in [6.45, 7) is 2.32. The molecule has 1 fully saturated rings. The van der Waals surface area contributed by atoms with Gasteiger partial charge < -0.3 is 10.4 Å². The Morgan fingerprint density at radius 1 is 1.44 bits per heavy atom.